The molecule has 0 saturated heterocycles. The van der Waals surface area contributed by atoms with Gasteiger partial charge in [-0.1, -0.05) is 24.3 Å². The molecule has 3 rings (SSSR count). The van der Waals surface area contributed by atoms with Gasteiger partial charge in [0.1, 0.15) is 0 Å². The molecule has 18 heavy (non-hydrogen) atoms. The van der Waals surface area contributed by atoms with Gasteiger partial charge >= 0.3 is 7.60 Å². The molecule has 1 aliphatic rings. The van der Waals surface area contributed by atoms with E-state index in [0.717, 1.165) is 23.1 Å². The monoisotopic (exact) mass is 259 g/mol. The van der Waals surface area contributed by atoms with Crippen LogP contribution in [0.4, 0.5) is 0 Å². The molecule has 0 amide bonds. The summed E-state index contributed by atoms with van der Waals surface area (Å²) in [5.41, 5.74) is 4.69. The summed E-state index contributed by atoms with van der Waals surface area (Å²) < 4.78 is 11.4. The van der Waals surface area contributed by atoms with Gasteiger partial charge in [-0.25, -0.2) is 0 Å². The molecule has 91 valence electrons. The first-order chi connectivity index (χ1) is 8.47. The highest BCUT2D eigenvalue weighted by Gasteiger charge is 2.25. The highest BCUT2D eigenvalue weighted by atomic mass is 31.2. The van der Waals surface area contributed by atoms with Crippen LogP contribution >= 0.6 is 7.60 Å². The van der Waals surface area contributed by atoms with Crippen LogP contribution in [0.3, 0.4) is 0 Å². The lowest BCUT2D eigenvalue weighted by Crippen LogP contribution is -2.09. The van der Waals surface area contributed by atoms with Crippen LogP contribution in [0.1, 0.15) is 16.7 Å². The van der Waals surface area contributed by atoms with Crippen molar-refractivity contribution in [3.63, 3.8) is 0 Å². The molecule has 0 saturated carbocycles. The summed E-state index contributed by atoms with van der Waals surface area (Å²) in [5, 5.41) is 0.0814. The molecule has 0 fully saturated rings. The molecular weight excluding hydrogens is 247 g/mol. The van der Waals surface area contributed by atoms with Gasteiger partial charge in [0.05, 0.1) is 5.30 Å². The molecule has 0 atom stereocenters. The molecule has 2 aromatic carbocycles. The van der Waals surface area contributed by atoms with Crippen molar-refractivity contribution in [3.05, 3.63) is 53.1 Å². The second kappa shape index (κ2) is 3.79. The lowest BCUT2D eigenvalue weighted by atomic mass is 10.0. The van der Waals surface area contributed by atoms with E-state index >= 15 is 0 Å². The van der Waals surface area contributed by atoms with Gasteiger partial charge in [0.2, 0.25) is 0 Å². The van der Waals surface area contributed by atoms with Crippen LogP contribution in [0.25, 0.3) is 11.1 Å². The predicted octanol–water partition coefficient (Wildman–Crippen LogP) is 2.17. The first-order valence-electron chi connectivity index (χ1n) is 5.67. The number of hydrogen-bond acceptors (Lipinski definition) is 1. The fourth-order valence-corrected chi connectivity index (χ4v) is 3.29. The van der Waals surface area contributed by atoms with Crippen LogP contribution in [0.15, 0.2) is 30.3 Å². The highest BCUT2D eigenvalue weighted by Crippen LogP contribution is 2.41. The molecule has 2 aromatic rings. The molecule has 1 aliphatic carbocycles. The number of benzene rings is 2. The van der Waals surface area contributed by atoms with E-state index in [0.29, 0.717) is 5.56 Å². The van der Waals surface area contributed by atoms with Crippen LogP contribution in [0.2, 0.25) is 0 Å². The maximum absolute atomic E-state index is 11.4. The Balaban J connectivity index is 2.27. The van der Waals surface area contributed by atoms with Crippen molar-refractivity contribution in [1.82, 2.24) is 0 Å². The number of aryl methyl sites for hydroxylation is 1. The number of hydrogen-bond donors (Lipinski definition) is 2. The van der Waals surface area contributed by atoms with E-state index in [9.17, 15) is 14.4 Å². The van der Waals surface area contributed by atoms with Gasteiger partial charge in [-0.05, 0) is 53.3 Å². The van der Waals surface area contributed by atoms with E-state index in [-0.39, 0.29) is 5.30 Å². The zero-order valence-electron chi connectivity index (χ0n) is 9.84. The Bertz CT molecular complexity index is 685. The second-order valence-corrected chi connectivity index (χ2v) is 6.12. The molecule has 4 heteroatoms. The van der Waals surface area contributed by atoms with Crippen molar-refractivity contribution in [1.29, 1.82) is 0 Å². The zero-order chi connectivity index (χ0) is 12.9. The van der Waals surface area contributed by atoms with E-state index in [1.165, 1.54) is 5.56 Å². The normalized spacial score (nSPS) is 13.3. The first-order valence-corrected chi connectivity index (χ1v) is 7.28. The SMILES string of the molecule is Cc1[c]c2c(cc1P(=O)(O)O)-c1ccccc1C2. The Hall–Kier alpha value is -1.41. The minimum atomic E-state index is -4.23. The Morgan fingerprint density at radius 2 is 1.94 bits per heavy atom. The minimum Gasteiger partial charge on any atom is -0.321 e. The lowest BCUT2D eigenvalue weighted by Gasteiger charge is -2.10. The third-order valence-corrected chi connectivity index (χ3v) is 4.41. The van der Waals surface area contributed by atoms with Gasteiger partial charge < -0.3 is 9.79 Å². The van der Waals surface area contributed by atoms with E-state index in [1.807, 2.05) is 24.3 Å². The Morgan fingerprint density at radius 3 is 2.67 bits per heavy atom. The Kier molecular flexibility index (Phi) is 2.46. The fourth-order valence-electron chi connectivity index (χ4n) is 2.50. The summed E-state index contributed by atoms with van der Waals surface area (Å²) in [7, 11) is -4.23. The van der Waals surface area contributed by atoms with Crippen molar-refractivity contribution < 1.29 is 14.4 Å². The van der Waals surface area contributed by atoms with Crippen molar-refractivity contribution >= 4 is 12.9 Å². The quantitative estimate of drug-likeness (QED) is 0.658. The minimum absolute atomic E-state index is 0.0814. The summed E-state index contributed by atoms with van der Waals surface area (Å²) in [5.74, 6) is 0. The molecule has 0 spiro atoms. The molecule has 0 aliphatic heterocycles. The molecule has 0 heterocycles. The Morgan fingerprint density at radius 1 is 1.22 bits per heavy atom. The summed E-state index contributed by atoms with van der Waals surface area (Å²) in [6.45, 7) is 1.69. The highest BCUT2D eigenvalue weighted by molar-refractivity contribution is 7.60. The maximum Gasteiger partial charge on any atom is 0.356 e. The second-order valence-electron chi connectivity index (χ2n) is 4.55. The lowest BCUT2D eigenvalue weighted by molar-refractivity contribution is 0.387. The van der Waals surface area contributed by atoms with E-state index < -0.39 is 7.60 Å². The molecule has 0 unspecified atom stereocenters. The standard InChI is InChI=1S/C14H12O3P/c1-9-6-11-7-10-4-2-3-5-12(10)13(11)8-14(9)18(15,16)17/h2-5,8H,7H2,1H3,(H2,15,16,17). The van der Waals surface area contributed by atoms with E-state index in [2.05, 4.69) is 6.07 Å². The summed E-state index contributed by atoms with van der Waals surface area (Å²) in [6.07, 6.45) is 0.786. The topological polar surface area (TPSA) is 57.5 Å². The van der Waals surface area contributed by atoms with Gasteiger partial charge in [0.25, 0.3) is 0 Å². The van der Waals surface area contributed by atoms with Gasteiger partial charge in [-0.15, -0.1) is 0 Å². The summed E-state index contributed by atoms with van der Waals surface area (Å²) >= 11 is 0. The number of rotatable bonds is 1. The third-order valence-electron chi connectivity index (χ3n) is 3.32. The van der Waals surface area contributed by atoms with Crippen molar-refractivity contribution in [3.8, 4) is 11.1 Å². The smallest absolute Gasteiger partial charge is 0.321 e. The number of fused-ring (bicyclic) bond motifs is 3. The summed E-state index contributed by atoms with van der Waals surface area (Å²) in [6, 6.07) is 12.7. The van der Waals surface area contributed by atoms with Gasteiger partial charge in [0, 0.05) is 0 Å². The van der Waals surface area contributed by atoms with Crippen molar-refractivity contribution in [2.75, 3.05) is 0 Å². The molecule has 2 N–H and O–H groups in total. The summed E-state index contributed by atoms with van der Waals surface area (Å²) in [4.78, 5) is 18.7. The third kappa shape index (κ3) is 1.72. The first kappa shape index (κ1) is 11.7. The average Bonchev–Trinajstić information content (AvgIpc) is 2.63. The van der Waals surface area contributed by atoms with Gasteiger partial charge in [-0.2, -0.15) is 0 Å². The van der Waals surface area contributed by atoms with Crippen molar-refractivity contribution in [2.45, 2.75) is 13.3 Å². The zero-order valence-corrected chi connectivity index (χ0v) is 10.7. The molecule has 0 aromatic heterocycles. The molecular formula is C14H12O3P. The van der Waals surface area contributed by atoms with Crippen LogP contribution in [0.5, 0.6) is 0 Å². The molecule has 0 bridgehead atoms. The van der Waals surface area contributed by atoms with Crippen LogP contribution < -0.4 is 5.30 Å². The van der Waals surface area contributed by atoms with Crippen LogP contribution in [0, 0.1) is 13.0 Å². The van der Waals surface area contributed by atoms with E-state index in [4.69, 9.17) is 0 Å². The largest absolute Gasteiger partial charge is 0.356 e. The predicted molar refractivity (Wildman–Crippen MR) is 69.9 cm³/mol. The maximum atomic E-state index is 11.4. The average molecular weight is 259 g/mol. The van der Waals surface area contributed by atoms with Crippen LogP contribution in [-0.2, 0) is 11.0 Å². The van der Waals surface area contributed by atoms with Gasteiger partial charge in [-0.3, -0.25) is 4.57 Å². The van der Waals surface area contributed by atoms with Crippen molar-refractivity contribution in [2.24, 2.45) is 0 Å². The Labute approximate surface area is 105 Å². The van der Waals surface area contributed by atoms with Gasteiger partial charge in [0.15, 0.2) is 0 Å². The molecule has 3 nitrogen and oxygen atoms in total. The van der Waals surface area contributed by atoms with Crippen LogP contribution in [-0.4, -0.2) is 9.79 Å². The molecule has 1 radical (unpaired) electrons. The van der Waals surface area contributed by atoms with E-state index in [1.54, 1.807) is 13.0 Å². The fraction of sp³-hybridized carbons (Fsp3) is 0.143.